The van der Waals surface area contributed by atoms with E-state index in [1.165, 1.54) is 0 Å². The van der Waals surface area contributed by atoms with Crippen molar-refractivity contribution in [2.75, 3.05) is 6.54 Å². The van der Waals surface area contributed by atoms with Crippen molar-refractivity contribution in [2.45, 2.75) is 53.0 Å². The smallest absolute Gasteiger partial charge is 0.162 e. The van der Waals surface area contributed by atoms with E-state index in [1.54, 1.807) is 12.1 Å². The van der Waals surface area contributed by atoms with Crippen molar-refractivity contribution >= 4 is 0 Å². The van der Waals surface area contributed by atoms with Crippen molar-refractivity contribution in [1.29, 1.82) is 0 Å². The maximum Gasteiger partial charge on any atom is 0.162 e. The zero-order valence-corrected chi connectivity index (χ0v) is 12.6. The lowest BCUT2D eigenvalue weighted by atomic mass is 9.80. The molecule has 1 atom stereocenters. The monoisotopic (exact) mass is 269 g/mol. The molecular formula is C16H25F2N. The topological polar surface area (TPSA) is 12.0 Å². The fourth-order valence-corrected chi connectivity index (χ4v) is 1.94. The van der Waals surface area contributed by atoms with Crippen LogP contribution in [0.3, 0.4) is 0 Å². The Labute approximate surface area is 115 Å². The second kappa shape index (κ2) is 6.00. The van der Waals surface area contributed by atoms with E-state index in [1.807, 2.05) is 0 Å². The van der Waals surface area contributed by atoms with Crippen LogP contribution in [0.5, 0.6) is 0 Å². The summed E-state index contributed by atoms with van der Waals surface area (Å²) in [6, 6.07) is 4.40. The summed E-state index contributed by atoms with van der Waals surface area (Å²) in [5.41, 5.74) is 0.402. The molecule has 0 aromatic heterocycles. The van der Waals surface area contributed by atoms with Gasteiger partial charge >= 0.3 is 0 Å². The van der Waals surface area contributed by atoms with E-state index < -0.39 is 11.6 Å². The molecule has 1 aromatic rings. The van der Waals surface area contributed by atoms with E-state index in [9.17, 15) is 8.78 Å². The van der Waals surface area contributed by atoms with Crippen LogP contribution in [0.25, 0.3) is 0 Å². The highest BCUT2D eigenvalue weighted by Gasteiger charge is 2.26. The standard InChI is InChI=1S/C16H25F2N/c1-6-16(5,11-19-15(2,3)4)10-12-8-7-9-13(17)14(12)18/h7-9,19H,6,10-11H2,1-5H3. The van der Waals surface area contributed by atoms with E-state index in [4.69, 9.17) is 0 Å². The summed E-state index contributed by atoms with van der Waals surface area (Å²) in [5.74, 6) is -1.47. The highest BCUT2D eigenvalue weighted by molar-refractivity contribution is 5.20. The largest absolute Gasteiger partial charge is 0.312 e. The van der Waals surface area contributed by atoms with Gasteiger partial charge in [0.2, 0.25) is 0 Å². The van der Waals surface area contributed by atoms with Crippen molar-refractivity contribution in [2.24, 2.45) is 5.41 Å². The Bertz CT molecular complexity index is 423. The normalized spacial score (nSPS) is 15.3. The highest BCUT2D eigenvalue weighted by Crippen LogP contribution is 2.28. The third-order valence-electron chi connectivity index (χ3n) is 3.55. The third-order valence-corrected chi connectivity index (χ3v) is 3.55. The zero-order chi connectivity index (χ0) is 14.7. The van der Waals surface area contributed by atoms with E-state index in [0.717, 1.165) is 19.0 Å². The van der Waals surface area contributed by atoms with Gasteiger partial charge in [-0.3, -0.25) is 0 Å². The van der Waals surface area contributed by atoms with Gasteiger partial charge in [0.05, 0.1) is 0 Å². The Morgan fingerprint density at radius 3 is 2.26 bits per heavy atom. The van der Waals surface area contributed by atoms with Gasteiger partial charge in [0.15, 0.2) is 11.6 Å². The summed E-state index contributed by atoms with van der Waals surface area (Å²) in [6.07, 6.45) is 1.45. The SMILES string of the molecule is CCC(C)(CNC(C)(C)C)Cc1cccc(F)c1F. The van der Waals surface area contributed by atoms with Gasteiger partial charge in [-0.25, -0.2) is 8.78 Å². The predicted octanol–water partition coefficient (Wildman–Crippen LogP) is 4.31. The minimum Gasteiger partial charge on any atom is -0.312 e. The van der Waals surface area contributed by atoms with Crippen molar-refractivity contribution < 1.29 is 8.78 Å². The van der Waals surface area contributed by atoms with Crippen molar-refractivity contribution in [3.05, 3.63) is 35.4 Å². The lowest BCUT2D eigenvalue weighted by Crippen LogP contribution is -2.43. The van der Waals surface area contributed by atoms with Crippen molar-refractivity contribution in [3.63, 3.8) is 0 Å². The minimum atomic E-state index is -0.764. The van der Waals surface area contributed by atoms with Crippen LogP contribution in [-0.4, -0.2) is 12.1 Å². The molecule has 1 rings (SSSR count). The zero-order valence-electron chi connectivity index (χ0n) is 12.6. The molecule has 3 heteroatoms. The van der Waals surface area contributed by atoms with Gasteiger partial charge in [0, 0.05) is 12.1 Å². The molecule has 0 aliphatic carbocycles. The van der Waals surface area contributed by atoms with Gasteiger partial charge in [-0.15, -0.1) is 0 Å². The Balaban J connectivity index is 2.83. The number of rotatable bonds is 5. The lowest BCUT2D eigenvalue weighted by molar-refractivity contribution is 0.252. The Morgan fingerprint density at radius 2 is 1.74 bits per heavy atom. The fourth-order valence-electron chi connectivity index (χ4n) is 1.94. The number of nitrogens with one attached hydrogen (secondary N) is 1. The first-order valence-corrected chi connectivity index (χ1v) is 6.85. The summed E-state index contributed by atoms with van der Waals surface area (Å²) < 4.78 is 27.0. The van der Waals surface area contributed by atoms with Crippen molar-refractivity contribution in [1.82, 2.24) is 5.32 Å². The summed E-state index contributed by atoms with van der Waals surface area (Å²) in [5, 5.41) is 3.45. The Kier molecular flexibility index (Phi) is 5.08. The van der Waals surface area contributed by atoms with Gasteiger partial charge in [-0.05, 0) is 50.7 Å². The van der Waals surface area contributed by atoms with Crippen LogP contribution in [0.1, 0.15) is 46.6 Å². The molecule has 0 bridgehead atoms. The molecule has 0 saturated carbocycles. The van der Waals surface area contributed by atoms with Crippen LogP contribution >= 0.6 is 0 Å². The summed E-state index contributed by atoms with van der Waals surface area (Å²) >= 11 is 0. The van der Waals surface area contributed by atoms with E-state index >= 15 is 0 Å². The average molecular weight is 269 g/mol. The first kappa shape index (κ1) is 16.1. The lowest BCUT2D eigenvalue weighted by Gasteiger charge is -2.33. The first-order chi connectivity index (χ1) is 8.67. The van der Waals surface area contributed by atoms with E-state index in [0.29, 0.717) is 12.0 Å². The van der Waals surface area contributed by atoms with Crippen molar-refractivity contribution in [3.8, 4) is 0 Å². The molecule has 108 valence electrons. The van der Waals surface area contributed by atoms with Crippen LogP contribution in [0.4, 0.5) is 8.78 Å². The van der Waals surface area contributed by atoms with Gasteiger partial charge < -0.3 is 5.32 Å². The van der Waals surface area contributed by atoms with E-state index in [2.05, 4.69) is 39.9 Å². The molecule has 0 amide bonds. The van der Waals surface area contributed by atoms with Crippen LogP contribution < -0.4 is 5.32 Å². The molecule has 0 saturated heterocycles. The summed E-state index contributed by atoms with van der Waals surface area (Å²) in [6.45, 7) is 11.3. The van der Waals surface area contributed by atoms with Gasteiger partial charge in [0.1, 0.15) is 0 Å². The number of hydrogen-bond acceptors (Lipinski definition) is 1. The second-order valence-electron chi connectivity index (χ2n) is 6.66. The Hall–Kier alpha value is -0.960. The molecule has 19 heavy (non-hydrogen) atoms. The fraction of sp³-hybridized carbons (Fsp3) is 0.625. The molecule has 0 radical (unpaired) electrons. The van der Waals surface area contributed by atoms with Crippen LogP contribution in [-0.2, 0) is 6.42 Å². The minimum absolute atomic E-state index is 0.0247. The highest BCUT2D eigenvalue weighted by atomic mass is 19.2. The Morgan fingerprint density at radius 1 is 1.11 bits per heavy atom. The van der Waals surface area contributed by atoms with Gasteiger partial charge in [-0.2, -0.15) is 0 Å². The molecule has 1 N–H and O–H groups in total. The third kappa shape index (κ3) is 4.90. The molecule has 0 heterocycles. The van der Waals surface area contributed by atoms with Crippen LogP contribution in [0, 0.1) is 17.0 Å². The van der Waals surface area contributed by atoms with Gasteiger partial charge in [0.25, 0.3) is 0 Å². The molecule has 0 spiro atoms. The molecule has 0 aliphatic heterocycles. The average Bonchev–Trinajstić information content (AvgIpc) is 2.32. The second-order valence-corrected chi connectivity index (χ2v) is 6.66. The summed E-state index contributed by atoms with van der Waals surface area (Å²) in [7, 11) is 0. The number of benzene rings is 1. The van der Waals surface area contributed by atoms with Crippen LogP contribution in [0.2, 0.25) is 0 Å². The number of hydrogen-bond donors (Lipinski definition) is 1. The van der Waals surface area contributed by atoms with Gasteiger partial charge in [-0.1, -0.05) is 26.0 Å². The molecule has 1 aromatic carbocycles. The molecule has 0 fully saturated rings. The maximum atomic E-state index is 13.7. The molecule has 1 unspecified atom stereocenters. The molecular weight excluding hydrogens is 244 g/mol. The molecule has 0 aliphatic rings. The van der Waals surface area contributed by atoms with Crippen LogP contribution in [0.15, 0.2) is 18.2 Å². The first-order valence-electron chi connectivity index (χ1n) is 6.85. The molecule has 1 nitrogen and oxygen atoms in total. The quantitative estimate of drug-likeness (QED) is 0.839. The number of halogens is 2. The maximum absolute atomic E-state index is 13.7. The summed E-state index contributed by atoms with van der Waals surface area (Å²) in [4.78, 5) is 0. The predicted molar refractivity (Wildman–Crippen MR) is 76.2 cm³/mol. The van der Waals surface area contributed by atoms with E-state index in [-0.39, 0.29) is 11.0 Å².